The van der Waals surface area contributed by atoms with Gasteiger partial charge in [0.1, 0.15) is 6.04 Å². The van der Waals surface area contributed by atoms with E-state index in [-0.39, 0.29) is 18.7 Å². The summed E-state index contributed by atoms with van der Waals surface area (Å²) in [6.07, 6.45) is 0.229. The molecule has 0 radical (unpaired) electrons. The zero-order valence-corrected chi connectivity index (χ0v) is 10.4. The molecule has 0 aliphatic carbocycles. The highest BCUT2D eigenvalue weighted by atomic mass is 16.6. The molecule has 1 aromatic rings. The van der Waals surface area contributed by atoms with Gasteiger partial charge in [0.25, 0.3) is 5.69 Å². The number of ether oxygens (including phenoxy) is 1. The molecule has 1 atom stereocenters. The summed E-state index contributed by atoms with van der Waals surface area (Å²) in [5.41, 5.74) is 6.93. The third kappa shape index (κ3) is 3.27. The van der Waals surface area contributed by atoms with E-state index in [9.17, 15) is 14.9 Å². The van der Waals surface area contributed by atoms with Crippen molar-refractivity contribution in [3.05, 3.63) is 39.4 Å². The molecule has 0 amide bonds. The number of carbonyl (C=O) groups excluding carboxylic acids is 1. The Kier molecular flexibility index (Phi) is 4.79. The van der Waals surface area contributed by atoms with Crippen molar-refractivity contribution in [2.45, 2.75) is 26.3 Å². The second-order valence-corrected chi connectivity index (χ2v) is 3.88. The lowest BCUT2D eigenvalue weighted by Gasteiger charge is -2.12. The molecule has 0 bridgehead atoms. The molecule has 1 unspecified atom stereocenters. The highest BCUT2D eigenvalue weighted by Crippen LogP contribution is 2.21. The fraction of sp³-hybridized carbons (Fsp3) is 0.417. The predicted octanol–water partition coefficient (Wildman–Crippen LogP) is 1.34. The molecule has 0 aliphatic heterocycles. The second-order valence-electron chi connectivity index (χ2n) is 3.88. The van der Waals surface area contributed by atoms with Crippen molar-refractivity contribution in [2.75, 3.05) is 6.61 Å². The summed E-state index contributed by atoms with van der Waals surface area (Å²) in [5, 5.41) is 10.8. The molecule has 0 aliphatic rings. The van der Waals surface area contributed by atoms with Gasteiger partial charge in [-0.1, -0.05) is 12.1 Å². The van der Waals surface area contributed by atoms with Crippen LogP contribution in [0.5, 0.6) is 0 Å². The Hall–Kier alpha value is -1.95. The molecule has 1 rings (SSSR count). The third-order valence-electron chi connectivity index (χ3n) is 2.64. The lowest BCUT2D eigenvalue weighted by atomic mass is 10.0. The van der Waals surface area contributed by atoms with Crippen LogP contribution >= 0.6 is 0 Å². The maximum Gasteiger partial charge on any atom is 0.323 e. The molecule has 0 heterocycles. The van der Waals surface area contributed by atoms with Crippen LogP contribution in [0.3, 0.4) is 0 Å². The number of esters is 1. The van der Waals surface area contributed by atoms with Gasteiger partial charge in [-0.15, -0.1) is 0 Å². The summed E-state index contributed by atoms with van der Waals surface area (Å²) in [7, 11) is 0. The molecule has 98 valence electrons. The Labute approximate surface area is 105 Å². The van der Waals surface area contributed by atoms with E-state index in [4.69, 9.17) is 10.5 Å². The van der Waals surface area contributed by atoms with Crippen molar-refractivity contribution < 1.29 is 14.5 Å². The van der Waals surface area contributed by atoms with Crippen LogP contribution in [-0.4, -0.2) is 23.5 Å². The van der Waals surface area contributed by atoms with Crippen LogP contribution in [0.2, 0.25) is 0 Å². The van der Waals surface area contributed by atoms with Crippen molar-refractivity contribution in [1.29, 1.82) is 0 Å². The summed E-state index contributed by atoms with van der Waals surface area (Å²) in [6.45, 7) is 3.61. The van der Waals surface area contributed by atoms with Crippen molar-refractivity contribution in [3.63, 3.8) is 0 Å². The van der Waals surface area contributed by atoms with Crippen LogP contribution in [0.25, 0.3) is 0 Å². The van der Waals surface area contributed by atoms with E-state index in [2.05, 4.69) is 0 Å². The number of rotatable bonds is 5. The van der Waals surface area contributed by atoms with Gasteiger partial charge in [0.15, 0.2) is 0 Å². The van der Waals surface area contributed by atoms with E-state index in [0.717, 1.165) is 0 Å². The lowest BCUT2D eigenvalue weighted by molar-refractivity contribution is -0.385. The zero-order valence-electron chi connectivity index (χ0n) is 10.4. The highest BCUT2D eigenvalue weighted by Gasteiger charge is 2.19. The maximum atomic E-state index is 11.4. The first-order chi connectivity index (χ1) is 8.47. The fourth-order valence-electron chi connectivity index (χ4n) is 1.66. The van der Waals surface area contributed by atoms with Crippen LogP contribution in [-0.2, 0) is 16.0 Å². The Morgan fingerprint density at radius 2 is 2.22 bits per heavy atom. The normalized spacial score (nSPS) is 11.9. The molecule has 6 nitrogen and oxygen atoms in total. The molecule has 0 saturated carbocycles. The standard InChI is InChI=1S/C12H16N2O4/c1-3-18-12(15)10(13)7-9-5-4-6-11(8(9)2)14(16)17/h4-6,10H,3,7,13H2,1-2H3. The molecular formula is C12H16N2O4. The van der Waals surface area contributed by atoms with Gasteiger partial charge in [-0.25, -0.2) is 0 Å². The average molecular weight is 252 g/mol. The smallest absolute Gasteiger partial charge is 0.323 e. The number of nitro groups is 1. The van der Waals surface area contributed by atoms with Crippen LogP contribution in [0.1, 0.15) is 18.1 Å². The van der Waals surface area contributed by atoms with E-state index in [1.807, 2.05) is 0 Å². The zero-order chi connectivity index (χ0) is 13.7. The molecule has 2 N–H and O–H groups in total. The summed E-state index contributed by atoms with van der Waals surface area (Å²) in [4.78, 5) is 21.7. The van der Waals surface area contributed by atoms with Crippen molar-refractivity contribution in [1.82, 2.24) is 0 Å². The van der Waals surface area contributed by atoms with Crippen LogP contribution in [0.4, 0.5) is 5.69 Å². The summed E-state index contributed by atoms with van der Waals surface area (Å²) in [6, 6.07) is 3.93. The molecule has 0 aromatic heterocycles. The van der Waals surface area contributed by atoms with E-state index in [1.165, 1.54) is 6.07 Å². The number of carbonyl (C=O) groups is 1. The van der Waals surface area contributed by atoms with Gasteiger partial charge in [-0.3, -0.25) is 14.9 Å². The van der Waals surface area contributed by atoms with E-state index in [1.54, 1.807) is 26.0 Å². The molecule has 6 heteroatoms. The van der Waals surface area contributed by atoms with Gasteiger partial charge >= 0.3 is 5.97 Å². The maximum absolute atomic E-state index is 11.4. The SMILES string of the molecule is CCOC(=O)C(N)Cc1cccc([N+](=O)[O-])c1C. The van der Waals surface area contributed by atoms with Gasteiger partial charge in [-0.05, 0) is 25.8 Å². The lowest BCUT2D eigenvalue weighted by Crippen LogP contribution is -2.34. The Balaban J connectivity index is 2.88. The number of nitrogens with zero attached hydrogens (tertiary/aromatic N) is 1. The van der Waals surface area contributed by atoms with Gasteiger partial charge in [0.05, 0.1) is 11.5 Å². The second kappa shape index (κ2) is 6.11. The molecule has 0 spiro atoms. The Bertz CT molecular complexity index is 459. The first kappa shape index (κ1) is 14.1. The largest absolute Gasteiger partial charge is 0.465 e. The van der Waals surface area contributed by atoms with Gasteiger partial charge in [0.2, 0.25) is 0 Å². The minimum Gasteiger partial charge on any atom is -0.465 e. The van der Waals surface area contributed by atoms with Gasteiger partial charge in [-0.2, -0.15) is 0 Å². The Morgan fingerprint density at radius 1 is 1.56 bits per heavy atom. The number of hydrogen-bond donors (Lipinski definition) is 1. The number of nitro benzene ring substituents is 1. The predicted molar refractivity (Wildman–Crippen MR) is 66.1 cm³/mol. The minimum atomic E-state index is -0.800. The number of hydrogen-bond acceptors (Lipinski definition) is 5. The first-order valence-electron chi connectivity index (χ1n) is 5.62. The number of benzene rings is 1. The topological polar surface area (TPSA) is 95.5 Å². The number of nitrogens with two attached hydrogens (primary N) is 1. The van der Waals surface area contributed by atoms with E-state index < -0.39 is 16.9 Å². The fourth-order valence-corrected chi connectivity index (χ4v) is 1.66. The summed E-state index contributed by atoms with van der Waals surface area (Å²) >= 11 is 0. The quantitative estimate of drug-likeness (QED) is 0.484. The average Bonchev–Trinajstić information content (AvgIpc) is 2.31. The molecule has 18 heavy (non-hydrogen) atoms. The minimum absolute atomic E-state index is 0.0311. The first-order valence-corrected chi connectivity index (χ1v) is 5.62. The van der Waals surface area contributed by atoms with Crippen LogP contribution in [0.15, 0.2) is 18.2 Å². The van der Waals surface area contributed by atoms with Crippen LogP contribution < -0.4 is 5.73 Å². The molecule has 1 aromatic carbocycles. The van der Waals surface area contributed by atoms with Crippen molar-refractivity contribution in [2.24, 2.45) is 5.73 Å². The van der Waals surface area contributed by atoms with Crippen molar-refractivity contribution in [3.8, 4) is 0 Å². The van der Waals surface area contributed by atoms with E-state index >= 15 is 0 Å². The third-order valence-corrected chi connectivity index (χ3v) is 2.64. The van der Waals surface area contributed by atoms with Gasteiger partial charge in [0, 0.05) is 11.6 Å². The summed E-state index contributed by atoms with van der Waals surface area (Å²) < 4.78 is 4.80. The summed E-state index contributed by atoms with van der Waals surface area (Å²) in [5.74, 6) is -0.497. The Morgan fingerprint density at radius 3 is 2.78 bits per heavy atom. The monoisotopic (exact) mass is 252 g/mol. The molecule has 0 saturated heterocycles. The molecule has 0 fully saturated rings. The van der Waals surface area contributed by atoms with E-state index in [0.29, 0.717) is 11.1 Å². The van der Waals surface area contributed by atoms with Crippen LogP contribution in [0, 0.1) is 17.0 Å². The highest BCUT2D eigenvalue weighted by molar-refractivity contribution is 5.76. The van der Waals surface area contributed by atoms with Gasteiger partial charge < -0.3 is 10.5 Å². The van der Waals surface area contributed by atoms with Crippen molar-refractivity contribution >= 4 is 11.7 Å². The molecular weight excluding hydrogens is 236 g/mol.